The van der Waals surface area contributed by atoms with Crippen molar-refractivity contribution in [2.45, 2.75) is 64.5 Å². The van der Waals surface area contributed by atoms with Gasteiger partial charge in [-0.05, 0) is 46.0 Å². The zero-order chi connectivity index (χ0) is 11.8. The van der Waals surface area contributed by atoms with Gasteiger partial charge in [0.15, 0.2) is 0 Å². The van der Waals surface area contributed by atoms with E-state index in [-0.39, 0.29) is 11.7 Å². The van der Waals surface area contributed by atoms with Gasteiger partial charge in [0.1, 0.15) is 5.60 Å². The maximum absolute atomic E-state index is 12.0. The topological polar surface area (TPSA) is 29.5 Å². The second-order valence-electron chi connectivity index (χ2n) is 6.09. The standard InChI is InChI=1S/C13H23NO2/c1-13(2,3)16-12(15)14-8-6-4-5-7-10-9-11(10)14/h10-11H,4-9H2,1-3H3. The summed E-state index contributed by atoms with van der Waals surface area (Å²) in [5, 5.41) is 0. The fourth-order valence-electron chi connectivity index (χ4n) is 2.50. The molecule has 1 heterocycles. The smallest absolute Gasteiger partial charge is 0.410 e. The molecule has 1 amide bonds. The van der Waals surface area contributed by atoms with Crippen LogP contribution in [0.4, 0.5) is 4.79 Å². The van der Waals surface area contributed by atoms with E-state index < -0.39 is 0 Å². The number of fused-ring (bicyclic) bond motifs is 1. The Hall–Kier alpha value is -0.730. The monoisotopic (exact) mass is 225 g/mol. The molecule has 2 aliphatic rings. The Morgan fingerprint density at radius 3 is 2.69 bits per heavy atom. The first-order chi connectivity index (χ1) is 7.47. The zero-order valence-corrected chi connectivity index (χ0v) is 10.7. The summed E-state index contributed by atoms with van der Waals surface area (Å²) in [6, 6.07) is 0.482. The molecule has 92 valence electrons. The number of ether oxygens (including phenoxy) is 1. The maximum Gasteiger partial charge on any atom is 0.410 e. The minimum atomic E-state index is -0.371. The van der Waals surface area contributed by atoms with Gasteiger partial charge in [-0.3, -0.25) is 0 Å². The Morgan fingerprint density at radius 2 is 2.00 bits per heavy atom. The van der Waals surface area contributed by atoms with E-state index in [1.165, 1.54) is 25.7 Å². The highest BCUT2D eigenvalue weighted by Crippen LogP contribution is 2.41. The van der Waals surface area contributed by atoms with Gasteiger partial charge in [-0.2, -0.15) is 0 Å². The summed E-state index contributed by atoms with van der Waals surface area (Å²) in [6.07, 6.45) is 6.10. The second kappa shape index (κ2) is 4.27. The highest BCUT2D eigenvalue weighted by molar-refractivity contribution is 5.69. The molecule has 1 aliphatic heterocycles. The molecule has 0 aromatic rings. The Bertz CT molecular complexity index is 270. The van der Waals surface area contributed by atoms with Gasteiger partial charge >= 0.3 is 6.09 Å². The van der Waals surface area contributed by atoms with Crippen molar-refractivity contribution in [3.05, 3.63) is 0 Å². The number of rotatable bonds is 0. The molecule has 2 atom stereocenters. The molecule has 2 rings (SSSR count). The maximum atomic E-state index is 12.0. The molecule has 0 radical (unpaired) electrons. The van der Waals surface area contributed by atoms with Crippen molar-refractivity contribution in [3.8, 4) is 0 Å². The molecule has 3 heteroatoms. The third kappa shape index (κ3) is 2.89. The van der Waals surface area contributed by atoms with E-state index in [9.17, 15) is 4.79 Å². The van der Waals surface area contributed by atoms with Crippen molar-refractivity contribution < 1.29 is 9.53 Å². The highest BCUT2D eigenvalue weighted by Gasteiger charge is 2.44. The molecular weight excluding hydrogens is 202 g/mol. The number of hydrogen-bond donors (Lipinski definition) is 0. The van der Waals surface area contributed by atoms with Gasteiger partial charge in [-0.25, -0.2) is 4.79 Å². The molecule has 1 aliphatic carbocycles. The molecule has 3 nitrogen and oxygen atoms in total. The van der Waals surface area contributed by atoms with Crippen molar-refractivity contribution in [3.63, 3.8) is 0 Å². The third-order valence-electron chi connectivity index (χ3n) is 3.39. The molecule has 16 heavy (non-hydrogen) atoms. The van der Waals surface area contributed by atoms with Gasteiger partial charge < -0.3 is 9.64 Å². The van der Waals surface area contributed by atoms with Crippen LogP contribution in [-0.2, 0) is 4.74 Å². The molecule has 0 aromatic heterocycles. The first-order valence-electron chi connectivity index (χ1n) is 6.47. The third-order valence-corrected chi connectivity index (χ3v) is 3.39. The van der Waals surface area contributed by atoms with Gasteiger partial charge in [0, 0.05) is 12.6 Å². The average molecular weight is 225 g/mol. The van der Waals surface area contributed by atoms with E-state index in [0.29, 0.717) is 6.04 Å². The van der Waals surface area contributed by atoms with Gasteiger partial charge in [-0.15, -0.1) is 0 Å². The van der Waals surface area contributed by atoms with Crippen LogP contribution in [0, 0.1) is 5.92 Å². The molecule has 0 spiro atoms. The van der Waals surface area contributed by atoms with Crippen molar-refractivity contribution in [1.29, 1.82) is 0 Å². The second-order valence-corrected chi connectivity index (χ2v) is 6.09. The number of carbonyl (C=O) groups is 1. The lowest BCUT2D eigenvalue weighted by Crippen LogP contribution is -2.40. The molecule has 1 saturated heterocycles. The minimum Gasteiger partial charge on any atom is -0.444 e. The molecule has 0 aromatic carbocycles. The molecule has 2 fully saturated rings. The Labute approximate surface area is 98.1 Å². The molecule has 0 bridgehead atoms. The summed E-state index contributed by atoms with van der Waals surface area (Å²) in [5.41, 5.74) is -0.371. The van der Waals surface area contributed by atoms with Crippen LogP contribution in [0.1, 0.15) is 52.9 Å². The number of nitrogens with zero attached hydrogens (tertiary/aromatic N) is 1. The van der Waals surface area contributed by atoms with Crippen molar-refractivity contribution in [2.75, 3.05) is 6.54 Å². The van der Waals surface area contributed by atoms with Crippen molar-refractivity contribution in [2.24, 2.45) is 5.92 Å². The normalized spacial score (nSPS) is 30.1. The van der Waals surface area contributed by atoms with Crippen LogP contribution in [0.15, 0.2) is 0 Å². The lowest BCUT2D eigenvalue weighted by Gasteiger charge is -2.28. The van der Waals surface area contributed by atoms with Crippen LogP contribution in [0.25, 0.3) is 0 Å². The van der Waals surface area contributed by atoms with Crippen LogP contribution in [0.2, 0.25) is 0 Å². The van der Waals surface area contributed by atoms with E-state index in [1.807, 2.05) is 25.7 Å². The summed E-state index contributed by atoms with van der Waals surface area (Å²) in [4.78, 5) is 14.0. The summed E-state index contributed by atoms with van der Waals surface area (Å²) >= 11 is 0. The number of likely N-dealkylation sites (tertiary alicyclic amines) is 1. The molecule has 1 saturated carbocycles. The summed E-state index contributed by atoms with van der Waals surface area (Å²) in [7, 11) is 0. The van der Waals surface area contributed by atoms with Crippen molar-refractivity contribution >= 4 is 6.09 Å². The Balaban J connectivity index is 1.93. The number of carbonyl (C=O) groups excluding carboxylic acids is 1. The first-order valence-corrected chi connectivity index (χ1v) is 6.47. The van der Waals surface area contributed by atoms with Gasteiger partial charge in [-0.1, -0.05) is 12.8 Å². The number of amides is 1. The van der Waals surface area contributed by atoms with E-state index >= 15 is 0 Å². The van der Waals surface area contributed by atoms with Gasteiger partial charge in [0.2, 0.25) is 0 Å². The number of hydrogen-bond acceptors (Lipinski definition) is 2. The predicted molar refractivity (Wildman–Crippen MR) is 63.3 cm³/mol. The molecule has 0 N–H and O–H groups in total. The summed E-state index contributed by atoms with van der Waals surface area (Å²) < 4.78 is 5.46. The summed E-state index contributed by atoms with van der Waals surface area (Å²) in [6.45, 7) is 6.67. The minimum absolute atomic E-state index is 0.109. The van der Waals surface area contributed by atoms with E-state index in [4.69, 9.17) is 4.74 Å². The predicted octanol–water partition coefficient (Wildman–Crippen LogP) is 3.19. The SMILES string of the molecule is CC(C)(C)OC(=O)N1CCCCCC2CC21. The Morgan fingerprint density at radius 1 is 1.25 bits per heavy atom. The van der Waals surface area contributed by atoms with Crippen LogP contribution in [0.5, 0.6) is 0 Å². The van der Waals surface area contributed by atoms with Crippen molar-refractivity contribution in [1.82, 2.24) is 4.90 Å². The van der Waals surface area contributed by atoms with Crippen LogP contribution in [0.3, 0.4) is 0 Å². The van der Waals surface area contributed by atoms with Crippen LogP contribution >= 0.6 is 0 Å². The van der Waals surface area contributed by atoms with Crippen LogP contribution < -0.4 is 0 Å². The quantitative estimate of drug-likeness (QED) is 0.633. The average Bonchev–Trinajstić information content (AvgIpc) is 2.79. The fraction of sp³-hybridized carbons (Fsp3) is 0.923. The highest BCUT2D eigenvalue weighted by atomic mass is 16.6. The fourth-order valence-corrected chi connectivity index (χ4v) is 2.50. The van der Waals surface area contributed by atoms with E-state index in [0.717, 1.165) is 18.9 Å². The summed E-state index contributed by atoms with van der Waals surface area (Å²) in [5.74, 6) is 0.757. The van der Waals surface area contributed by atoms with Gasteiger partial charge in [0.05, 0.1) is 0 Å². The zero-order valence-electron chi connectivity index (χ0n) is 10.7. The van der Waals surface area contributed by atoms with Gasteiger partial charge in [0.25, 0.3) is 0 Å². The first kappa shape index (κ1) is 11.7. The Kier molecular flexibility index (Phi) is 3.13. The lowest BCUT2D eigenvalue weighted by atomic mass is 10.1. The van der Waals surface area contributed by atoms with E-state index in [1.54, 1.807) is 0 Å². The lowest BCUT2D eigenvalue weighted by molar-refractivity contribution is 0.0213. The molecule has 2 unspecified atom stereocenters. The largest absolute Gasteiger partial charge is 0.444 e. The van der Waals surface area contributed by atoms with Crippen LogP contribution in [-0.4, -0.2) is 29.2 Å². The molecular formula is C13H23NO2. The van der Waals surface area contributed by atoms with E-state index in [2.05, 4.69) is 0 Å².